The van der Waals surface area contributed by atoms with E-state index in [9.17, 15) is 4.79 Å². The lowest BCUT2D eigenvalue weighted by atomic mass is 9.93. The molecule has 3 aliphatic heterocycles. The Labute approximate surface area is 187 Å². The van der Waals surface area contributed by atoms with Crippen molar-refractivity contribution in [1.82, 2.24) is 19.2 Å². The Morgan fingerprint density at radius 1 is 1.29 bits per heavy atom. The molecule has 0 radical (unpaired) electrons. The lowest BCUT2D eigenvalue weighted by Crippen LogP contribution is -2.40. The normalized spacial score (nSPS) is 23.4. The molecule has 31 heavy (non-hydrogen) atoms. The zero-order valence-corrected chi connectivity index (χ0v) is 19.1. The summed E-state index contributed by atoms with van der Waals surface area (Å²) in [4.78, 5) is 26.3. The Hall–Kier alpha value is -2.05. The molecule has 1 N–H and O–H groups in total. The minimum atomic E-state index is -0.0512. The SMILES string of the molecule is Cc1cn2cc(C3=CC(=O)N4C=C(C5CCN(CCO)CC5)N=CC4P3)cc(Cl)c2n1. The van der Waals surface area contributed by atoms with Crippen LogP contribution in [0.5, 0.6) is 0 Å². The second-order valence-electron chi connectivity index (χ2n) is 8.25. The number of allylic oxidation sites excluding steroid dienone is 1. The standard InChI is InChI=1S/C22H25ClN5O2P/c1-14-11-27-12-16(8-17(23)22(27)25-14)19-9-20(30)28-13-18(24-10-21(28)31-19)15-2-4-26(5-3-15)6-7-29/h8-13,15,21,29,31H,2-7H2,1H3. The van der Waals surface area contributed by atoms with Crippen molar-refractivity contribution in [3.05, 3.63) is 52.7 Å². The van der Waals surface area contributed by atoms with Crippen molar-refractivity contribution in [2.75, 3.05) is 26.2 Å². The van der Waals surface area contributed by atoms with Crippen LogP contribution in [0, 0.1) is 12.8 Å². The van der Waals surface area contributed by atoms with Crippen molar-refractivity contribution >= 4 is 43.3 Å². The molecule has 0 aromatic carbocycles. The molecule has 3 aliphatic rings. The topological polar surface area (TPSA) is 73.4 Å². The van der Waals surface area contributed by atoms with Crippen molar-refractivity contribution < 1.29 is 9.90 Å². The molecular weight excluding hydrogens is 433 g/mol. The summed E-state index contributed by atoms with van der Waals surface area (Å²) in [5.74, 6) is 0.294. The molecule has 2 aromatic rings. The van der Waals surface area contributed by atoms with Crippen LogP contribution in [0.4, 0.5) is 0 Å². The molecule has 0 bridgehead atoms. The number of carbonyl (C=O) groups is 1. The number of fused-ring (bicyclic) bond motifs is 2. The maximum absolute atomic E-state index is 13.0. The number of rotatable bonds is 4. The number of halogens is 1. The van der Waals surface area contributed by atoms with Gasteiger partial charge in [0.1, 0.15) is 0 Å². The number of hydrogen-bond donors (Lipinski definition) is 1. The monoisotopic (exact) mass is 457 g/mol. The van der Waals surface area contributed by atoms with E-state index in [0.717, 1.165) is 60.4 Å². The molecule has 7 nitrogen and oxygen atoms in total. The molecule has 0 aliphatic carbocycles. The zero-order valence-electron chi connectivity index (χ0n) is 17.3. The first kappa shape index (κ1) is 20.8. The Balaban J connectivity index is 1.36. The van der Waals surface area contributed by atoms with E-state index in [4.69, 9.17) is 21.7 Å². The Kier molecular flexibility index (Phi) is 5.69. The third-order valence-corrected chi connectivity index (χ3v) is 7.87. The number of carbonyl (C=O) groups excluding carboxylic acids is 1. The highest BCUT2D eigenvalue weighted by atomic mass is 35.5. The van der Waals surface area contributed by atoms with Gasteiger partial charge in [0.25, 0.3) is 5.91 Å². The summed E-state index contributed by atoms with van der Waals surface area (Å²) in [6.07, 6.45) is 11.5. The maximum Gasteiger partial charge on any atom is 0.252 e. The molecule has 1 fully saturated rings. The number of amides is 1. The summed E-state index contributed by atoms with van der Waals surface area (Å²) < 4.78 is 1.92. The highest BCUT2D eigenvalue weighted by molar-refractivity contribution is 7.52. The van der Waals surface area contributed by atoms with Gasteiger partial charge in [-0.05, 0) is 44.2 Å². The van der Waals surface area contributed by atoms with Crippen LogP contribution < -0.4 is 0 Å². The van der Waals surface area contributed by atoms with Crippen LogP contribution in [0.3, 0.4) is 0 Å². The molecule has 1 amide bonds. The summed E-state index contributed by atoms with van der Waals surface area (Å²) >= 11 is 6.45. The zero-order chi connectivity index (χ0) is 21.5. The van der Waals surface area contributed by atoms with Gasteiger partial charge in [-0.25, -0.2) is 4.98 Å². The van der Waals surface area contributed by atoms with Crippen LogP contribution in [0.25, 0.3) is 11.0 Å². The smallest absolute Gasteiger partial charge is 0.252 e. The van der Waals surface area contributed by atoms with E-state index in [1.165, 1.54) is 0 Å². The van der Waals surface area contributed by atoms with Crippen LogP contribution >= 0.6 is 20.2 Å². The van der Waals surface area contributed by atoms with Crippen molar-refractivity contribution in [2.45, 2.75) is 25.5 Å². The van der Waals surface area contributed by atoms with Crippen LogP contribution in [0.2, 0.25) is 5.02 Å². The van der Waals surface area contributed by atoms with Crippen molar-refractivity contribution in [3.63, 3.8) is 0 Å². The number of aryl methyl sites for hydroxylation is 1. The molecule has 1 saturated heterocycles. The molecule has 0 spiro atoms. The number of aromatic nitrogens is 2. The third-order valence-electron chi connectivity index (χ3n) is 6.12. The Morgan fingerprint density at radius 3 is 2.87 bits per heavy atom. The van der Waals surface area contributed by atoms with Gasteiger partial charge >= 0.3 is 0 Å². The fraction of sp³-hybridized carbons (Fsp3) is 0.409. The molecule has 2 atom stereocenters. The Morgan fingerprint density at radius 2 is 2.10 bits per heavy atom. The van der Waals surface area contributed by atoms with Crippen molar-refractivity contribution in [2.24, 2.45) is 10.9 Å². The number of piperidine rings is 1. The van der Waals surface area contributed by atoms with E-state index in [1.807, 2.05) is 47.1 Å². The molecule has 0 saturated carbocycles. The van der Waals surface area contributed by atoms with Gasteiger partial charge in [0.15, 0.2) is 5.65 Å². The quantitative estimate of drug-likeness (QED) is 0.716. The average molecular weight is 458 g/mol. The third kappa shape index (κ3) is 4.08. The van der Waals surface area contributed by atoms with E-state index in [-0.39, 0.29) is 18.3 Å². The molecule has 5 heterocycles. The number of hydrogen-bond acceptors (Lipinski definition) is 5. The summed E-state index contributed by atoms with van der Waals surface area (Å²) in [6, 6.07) is 1.90. The molecule has 2 aromatic heterocycles. The number of aliphatic hydroxyl groups is 1. The number of nitrogens with zero attached hydrogens (tertiary/aromatic N) is 5. The number of imidazole rings is 1. The lowest BCUT2D eigenvalue weighted by molar-refractivity contribution is -0.123. The summed E-state index contributed by atoms with van der Waals surface area (Å²) in [7, 11) is 0.399. The first-order chi connectivity index (χ1) is 15.0. The van der Waals surface area contributed by atoms with Crippen molar-refractivity contribution in [1.29, 1.82) is 0 Å². The predicted molar refractivity (Wildman–Crippen MR) is 125 cm³/mol. The number of pyridine rings is 1. The fourth-order valence-corrected chi connectivity index (χ4v) is 6.07. The molecule has 162 valence electrons. The molecule has 5 rings (SSSR count). The van der Waals surface area contributed by atoms with E-state index < -0.39 is 0 Å². The minimum Gasteiger partial charge on any atom is -0.395 e. The van der Waals surface area contributed by atoms with Crippen LogP contribution in [-0.2, 0) is 4.79 Å². The van der Waals surface area contributed by atoms with Crippen LogP contribution in [-0.4, -0.2) is 68.4 Å². The number of likely N-dealkylation sites (tertiary alicyclic amines) is 1. The fourth-order valence-electron chi connectivity index (χ4n) is 4.49. The summed E-state index contributed by atoms with van der Waals surface area (Å²) in [5, 5.41) is 10.7. The second kappa shape index (κ2) is 8.47. The van der Waals surface area contributed by atoms with Gasteiger partial charge in [-0.3, -0.25) is 9.79 Å². The molecule has 9 heteroatoms. The van der Waals surface area contributed by atoms with Crippen LogP contribution in [0.15, 0.2) is 41.4 Å². The highest BCUT2D eigenvalue weighted by Crippen LogP contribution is 2.44. The first-order valence-electron chi connectivity index (χ1n) is 10.6. The number of aliphatic hydroxyl groups excluding tert-OH is 1. The molecule has 2 unspecified atom stereocenters. The van der Waals surface area contributed by atoms with E-state index in [1.54, 1.807) is 6.08 Å². The van der Waals surface area contributed by atoms with Gasteiger partial charge in [-0.1, -0.05) is 20.2 Å². The van der Waals surface area contributed by atoms with E-state index in [0.29, 0.717) is 19.5 Å². The van der Waals surface area contributed by atoms with Gasteiger partial charge in [0, 0.05) is 48.9 Å². The van der Waals surface area contributed by atoms with Crippen LogP contribution in [0.1, 0.15) is 24.1 Å². The summed E-state index contributed by atoms with van der Waals surface area (Å²) in [6.45, 7) is 4.77. The van der Waals surface area contributed by atoms with Gasteiger partial charge in [0.05, 0.1) is 28.8 Å². The van der Waals surface area contributed by atoms with Gasteiger partial charge in [-0.2, -0.15) is 0 Å². The van der Waals surface area contributed by atoms with Crippen molar-refractivity contribution in [3.8, 4) is 0 Å². The maximum atomic E-state index is 13.0. The second-order valence-corrected chi connectivity index (χ2v) is 10.1. The Bertz CT molecular complexity index is 1120. The minimum absolute atomic E-state index is 0.0156. The lowest BCUT2D eigenvalue weighted by Gasteiger charge is -2.36. The van der Waals surface area contributed by atoms with E-state index in [2.05, 4.69) is 9.88 Å². The first-order valence-corrected chi connectivity index (χ1v) is 12.0. The van der Waals surface area contributed by atoms with Gasteiger partial charge in [-0.15, -0.1) is 0 Å². The number of aliphatic imine (C=N–C) groups is 1. The molecular formula is C22H25ClN5O2P. The van der Waals surface area contributed by atoms with Gasteiger partial charge < -0.3 is 19.3 Å². The highest BCUT2D eigenvalue weighted by Gasteiger charge is 2.32. The largest absolute Gasteiger partial charge is 0.395 e. The van der Waals surface area contributed by atoms with Gasteiger partial charge in [0.2, 0.25) is 0 Å². The predicted octanol–water partition coefficient (Wildman–Crippen LogP) is 3.11. The average Bonchev–Trinajstić information content (AvgIpc) is 3.15. The van der Waals surface area contributed by atoms with E-state index >= 15 is 0 Å². The summed E-state index contributed by atoms with van der Waals surface area (Å²) in [5.41, 5.74) is 3.57. The number of β-amino-alcohol motifs (C(OH)–C–C–N with tert-alkyl or cyclic N) is 1.